The van der Waals surface area contributed by atoms with Gasteiger partial charge >= 0.3 is 0 Å². The van der Waals surface area contributed by atoms with Crippen molar-refractivity contribution in [1.29, 1.82) is 0 Å². The molecule has 2 heterocycles. The van der Waals surface area contributed by atoms with Gasteiger partial charge in [-0.05, 0) is 48.3 Å². The number of sulfone groups is 1. The molecule has 1 aliphatic heterocycles. The van der Waals surface area contributed by atoms with Crippen molar-refractivity contribution in [3.63, 3.8) is 0 Å². The first-order valence-corrected chi connectivity index (χ1v) is 13.6. The largest absolute Gasteiger partial charge is 0.281 e. The Hall–Kier alpha value is -2.29. The van der Waals surface area contributed by atoms with E-state index in [0.717, 1.165) is 23.6 Å². The number of rotatable bonds is 6. The van der Waals surface area contributed by atoms with E-state index in [-0.39, 0.29) is 23.0 Å². The lowest BCUT2D eigenvalue weighted by molar-refractivity contribution is 0.164. The number of para-hydroxylation sites is 1. The van der Waals surface area contributed by atoms with Gasteiger partial charge in [0.05, 0.1) is 18.2 Å². The molecule has 0 spiro atoms. The molecular weight excluding hydrogens is 452 g/mol. The van der Waals surface area contributed by atoms with Crippen molar-refractivity contribution in [3.05, 3.63) is 64.9 Å². The second-order valence-corrected chi connectivity index (χ2v) is 12.3. The zero-order valence-corrected chi connectivity index (χ0v) is 21.4. The van der Waals surface area contributed by atoms with E-state index in [1.54, 1.807) is 0 Å². The normalized spacial score (nSPS) is 18.2. The Morgan fingerprint density at radius 1 is 1.09 bits per heavy atom. The summed E-state index contributed by atoms with van der Waals surface area (Å²) >= 11 is 5.88. The SMILES string of the molecule is CCN(Cn1nc(-c2ccc(C(C)(C)C)cc2)n(-c2ccccc2)c1=S)C1CCS(=O)(=O)C1. The lowest BCUT2D eigenvalue weighted by atomic mass is 9.87. The summed E-state index contributed by atoms with van der Waals surface area (Å²) < 4.78 is 28.5. The molecule has 0 bridgehead atoms. The first-order chi connectivity index (χ1) is 15.6. The molecule has 1 saturated heterocycles. The van der Waals surface area contributed by atoms with Gasteiger partial charge < -0.3 is 0 Å². The van der Waals surface area contributed by atoms with E-state index in [0.29, 0.717) is 17.9 Å². The Kier molecular flexibility index (Phi) is 6.62. The molecule has 3 aromatic rings. The standard InChI is InChI=1S/C25H32N4O2S2/c1-5-27(22-15-16-33(30,31)17-22)18-28-24(32)29(21-9-7-6-8-10-21)23(26-28)19-11-13-20(14-12-19)25(2,3)4/h6-14,22H,5,15-18H2,1-4H3. The molecule has 1 unspecified atom stereocenters. The molecule has 0 amide bonds. The second kappa shape index (κ2) is 9.16. The summed E-state index contributed by atoms with van der Waals surface area (Å²) in [4.78, 5) is 2.16. The van der Waals surface area contributed by atoms with Crippen LogP contribution in [-0.2, 0) is 21.9 Å². The van der Waals surface area contributed by atoms with Crippen LogP contribution in [0.25, 0.3) is 17.1 Å². The Morgan fingerprint density at radius 2 is 1.76 bits per heavy atom. The predicted octanol–water partition coefficient (Wildman–Crippen LogP) is 4.83. The summed E-state index contributed by atoms with van der Waals surface area (Å²) in [5.74, 6) is 1.24. The van der Waals surface area contributed by atoms with Crippen molar-refractivity contribution in [1.82, 2.24) is 19.2 Å². The van der Waals surface area contributed by atoms with Crippen molar-refractivity contribution in [2.75, 3.05) is 18.1 Å². The van der Waals surface area contributed by atoms with Crippen LogP contribution in [0.1, 0.15) is 39.7 Å². The first-order valence-electron chi connectivity index (χ1n) is 11.4. The molecule has 176 valence electrons. The van der Waals surface area contributed by atoms with Crippen LogP contribution in [0.5, 0.6) is 0 Å². The molecule has 0 N–H and O–H groups in total. The maximum absolute atomic E-state index is 12.0. The smallest absolute Gasteiger partial charge is 0.204 e. The molecule has 1 aromatic heterocycles. The van der Waals surface area contributed by atoms with Crippen LogP contribution in [0.15, 0.2) is 54.6 Å². The fourth-order valence-electron chi connectivity index (χ4n) is 4.32. The minimum atomic E-state index is -2.96. The number of hydrogen-bond acceptors (Lipinski definition) is 5. The summed E-state index contributed by atoms with van der Waals surface area (Å²) in [6.45, 7) is 9.84. The molecule has 0 saturated carbocycles. The van der Waals surface area contributed by atoms with Gasteiger partial charge in [0.25, 0.3) is 0 Å². The molecule has 2 aromatic carbocycles. The number of aromatic nitrogens is 3. The third-order valence-electron chi connectivity index (χ3n) is 6.31. The van der Waals surface area contributed by atoms with Gasteiger partial charge in [-0.3, -0.25) is 9.47 Å². The fraction of sp³-hybridized carbons (Fsp3) is 0.440. The average Bonchev–Trinajstić information content (AvgIpc) is 3.31. The Labute approximate surface area is 201 Å². The highest BCUT2D eigenvalue weighted by molar-refractivity contribution is 7.91. The van der Waals surface area contributed by atoms with Crippen LogP contribution in [0.3, 0.4) is 0 Å². The van der Waals surface area contributed by atoms with Gasteiger partial charge in [-0.2, -0.15) is 0 Å². The molecule has 33 heavy (non-hydrogen) atoms. The van der Waals surface area contributed by atoms with Crippen molar-refractivity contribution >= 4 is 22.1 Å². The first kappa shape index (κ1) is 23.9. The van der Waals surface area contributed by atoms with Crippen molar-refractivity contribution in [2.24, 2.45) is 0 Å². The molecule has 1 aliphatic rings. The minimum Gasteiger partial charge on any atom is -0.281 e. The molecule has 8 heteroatoms. The highest BCUT2D eigenvalue weighted by Gasteiger charge is 2.32. The molecule has 1 fully saturated rings. The van der Waals surface area contributed by atoms with Gasteiger partial charge in [-0.25, -0.2) is 13.1 Å². The zero-order valence-electron chi connectivity index (χ0n) is 19.7. The van der Waals surface area contributed by atoms with Gasteiger partial charge in [0.1, 0.15) is 0 Å². The van der Waals surface area contributed by atoms with Gasteiger partial charge in [-0.15, -0.1) is 5.10 Å². The minimum absolute atomic E-state index is 0.00158. The van der Waals surface area contributed by atoms with Crippen LogP contribution in [-0.4, -0.2) is 51.8 Å². The quantitative estimate of drug-likeness (QED) is 0.469. The monoisotopic (exact) mass is 484 g/mol. The molecule has 0 aliphatic carbocycles. The van der Waals surface area contributed by atoms with E-state index in [2.05, 4.69) is 56.9 Å². The van der Waals surface area contributed by atoms with Gasteiger partial charge in [0.15, 0.2) is 15.7 Å². The highest BCUT2D eigenvalue weighted by Crippen LogP contribution is 2.28. The zero-order chi connectivity index (χ0) is 23.8. The number of nitrogens with zero attached hydrogens (tertiary/aromatic N) is 4. The van der Waals surface area contributed by atoms with Gasteiger partial charge in [0.2, 0.25) is 4.77 Å². The Balaban J connectivity index is 1.75. The van der Waals surface area contributed by atoms with E-state index in [4.69, 9.17) is 17.3 Å². The molecule has 4 rings (SSSR count). The highest BCUT2D eigenvalue weighted by atomic mass is 32.2. The summed E-state index contributed by atoms with van der Waals surface area (Å²) in [5.41, 5.74) is 3.27. The third kappa shape index (κ3) is 5.13. The Bertz CT molecular complexity index is 1270. The van der Waals surface area contributed by atoms with E-state index in [1.165, 1.54) is 5.56 Å². The van der Waals surface area contributed by atoms with Gasteiger partial charge in [0, 0.05) is 17.3 Å². The molecule has 1 atom stereocenters. The fourth-order valence-corrected chi connectivity index (χ4v) is 6.38. The van der Waals surface area contributed by atoms with Crippen molar-refractivity contribution in [3.8, 4) is 17.1 Å². The molecule has 6 nitrogen and oxygen atoms in total. The Morgan fingerprint density at radius 3 is 2.30 bits per heavy atom. The maximum Gasteiger partial charge on any atom is 0.204 e. The maximum atomic E-state index is 12.0. The molecular formula is C25H32N4O2S2. The summed E-state index contributed by atoms with van der Waals surface area (Å²) in [7, 11) is -2.96. The lowest BCUT2D eigenvalue weighted by Gasteiger charge is -2.26. The topological polar surface area (TPSA) is 60.1 Å². The number of hydrogen-bond donors (Lipinski definition) is 0. The lowest BCUT2D eigenvalue weighted by Crippen LogP contribution is -2.37. The summed E-state index contributed by atoms with van der Waals surface area (Å²) in [5, 5.41) is 4.93. The predicted molar refractivity (Wildman–Crippen MR) is 136 cm³/mol. The van der Waals surface area contributed by atoms with Crippen molar-refractivity contribution < 1.29 is 8.42 Å². The van der Waals surface area contributed by atoms with E-state index >= 15 is 0 Å². The third-order valence-corrected chi connectivity index (χ3v) is 8.45. The summed E-state index contributed by atoms with van der Waals surface area (Å²) in [6, 6.07) is 18.5. The van der Waals surface area contributed by atoms with Crippen LogP contribution >= 0.6 is 12.2 Å². The summed E-state index contributed by atoms with van der Waals surface area (Å²) in [6.07, 6.45) is 0.657. The van der Waals surface area contributed by atoms with Crippen LogP contribution in [0.2, 0.25) is 0 Å². The second-order valence-electron chi connectivity index (χ2n) is 9.71. The number of benzene rings is 2. The van der Waals surface area contributed by atoms with Gasteiger partial charge in [-0.1, -0.05) is 70.2 Å². The van der Waals surface area contributed by atoms with E-state index < -0.39 is 9.84 Å². The molecule has 0 radical (unpaired) electrons. The van der Waals surface area contributed by atoms with E-state index in [9.17, 15) is 8.42 Å². The van der Waals surface area contributed by atoms with Crippen LogP contribution in [0, 0.1) is 4.77 Å². The van der Waals surface area contributed by atoms with E-state index in [1.807, 2.05) is 39.6 Å². The van der Waals surface area contributed by atoms with Crippen LogP contribution in [0.4, 0.5) is 0 Å². The average molecular weight is 485 g/mol. The van der Waals surface area contributed by atoms with Crippen LogP contribution < -0.4 is 0 Å². The van der Waals surface area contributed by atoms with Crippen molar-refractivity contribution in [2.45, 2.75) is 52.2 Å².